The van der Waals surface area contributed by atoms with Crippen molar-refractivity contribution in [2.24, 2.45) is 0 Å². The van der Waals surface area contributed by atoms with Crippen LogP contribution in [0.1, 0.15) is 12.5 Å². The third kappa shape index (κ3) is 3.59. The minimum absolute atomic E-state index is 0.108. The first-order valence-electron chi connectivity index (χ1n) is 5.04. The highest BCUT2D eigenvalue weighted by atomic mass is 16.2. The Kier molecular flexibility index (Phi) is 4.63. The molecule has 0 saturated carbocycles. The van der Waals surface area contributed by atoms with Gasteiger partial charge in [0.2, 0.25) is 0 Å². The van der Waals surface area contributed by atoms with Crippen LogP contribution >= 0.6 is 0 Å². The van der Waals surface area contributed by atoms with E-state index in [0.717, 1.165) is 5.56 Å². The first-order valence-corrected chi connectivity index (χ1v) is 5.04. The van der Waals surface area contributed by atoms with Crippen molar-refractivity contribution in [2.45, 2.75) is 13.5 Å². The average Bonchev–Trinajstić information content (AvgIpc) is 2.29. The van der Waals surface area contributed by atoms with E-state index in [0.29, 0.717) is 13.1 Å². The number of carbonyl (C=O) groups excluding carboxylic acids is 1. The van der Waals surface area contributed by atoms with Gasteiger partial charge in [0.15, 0.2) is 0 Å². The molecule has 1 rings (SSSR count). The summed E-state index contributed by atoms with van der Waals surface area (Å²) < 4.78 is 0. The van der Waals surface area contributed by atoms with Crippen LogP contribution in [0.3, 0.4) is 0 Å². The molecule has 4 heteroatoms. The summed E-state index contributed by atoms with van der Waals surface area (Å²) in [5.74, 6) is 0. The number of hydrogen-bond acceptors (Lipinski definition) is 2. The predicted octanol–water partition coefficient (Wildman–Crippen LogP) is 1.35. The van der Waals surface area contributed by atoms with E-state index >= 15 is 0 Å². The summed E-state index contributed by atoms with van der Waals surface area (Å²) in [7, 11) is 1.73. The molecule has 0 heterocycles. The molecule has 0 aromatic heterocycles. The van der Waals surface area contributed by atoms with Crippen molar-refractivity contribution in [1.29, 1.82) is 0 Å². The Morgan fingerprint density at radius 2 is 2.00 bits per heavy atom. The molecule has 0 fully saturated rings. The largest absolute Gasteiger partial charge is 0.333 e. The fraction of sp³-hybridized carbons (Fsp3) is 0.364. The Morgan fingerprint density at radius 1 is 1.33 bits per heavy atom. The lowest BCUT2D eigenvalue weighted by Gasteiger charge is -2.19. The zero-order valence-corrected chi connectivity index (χ0v) is 9.16. The Balaban J connectivity index is 2.40. The van der Waals surface area contributed by atoms with E-state index in [1.54, 1.807) is 7.05 Å². The van der Waals surface area contributed by atoms with E-state index in [1.807, 2.05) is 37.3 Å². The molecule has 0 aliphatic rings. The highest BCUT2D eigenvalue weighted by molar-refractivity contribution is 5.73. The second-order valence-corrected chi connectivity index (χ2v) is 3.11. The van der Waals surface area contributed by atoms with E-state index < -0.39 is 0 Å². The molecule has 0 atom stereocenters. The number of nitrogens with zero attached hydrogens (tertiary/aromatic N) is 1. The van der Waals surface area contributed by atoms with Crippen LogP contribution in [0.5, 0.6) is 0 Å². The first kappa shape index (κ1) is 11.5. The zero-order chi connectivity index (χ0) is 11.1. The lowest BCUT2D eigenvalue weighted by molar-refractivity contribution is 0.181. The molecule has 1 aromatic rings. The van der Waals surface area contributed by atoms with E-state index in [1.165, 1.54) is 5.01 Å². The first-order chi connectivity index (χ1) is 7.27. The molecule has 1 aromatic carbocycles. The van der Waals surface area contributed by atoms with Crippen molar-refractivity contribution >= 4 is 6.03 Å². The Morgan fingerprint density at radius 3 is 2.53 bits per heavy atom. The van der Waals surface area contributed by atoms with Gasteiger partial charge in [0.25, 0.3) is 0 Å². The minimum Gasteiger partial charge on any atom is -0.333 e. The maximum Gasteiger partial charge on any atom is 0.331 e. The topological polar surface area (TPSA) is 44.4 Å². The zero-order valence-electron chi connectivity index (χ0n) is 9.16. The summed E-state index contributed by atoms with van der Waals surface area (Å²) in [6.07, 6.45) is 0. The van der Waals surface area contributed by atoms with Crippen molar-refractivity contribution in [1.82, 2.24) is 15.8 Å². The van der Waals surface area contributed by atoms with Crippen LogP contribution in [0.2, 0.25) is 0 Å². The quantitative estimate of drug-likeness (QED) is 0.732. The number of benzene rings is 1. The van der Waals surface area contributed by atoms with Crippen LogP contribution in [0.15, 0.2) is 30.3 Å². The van der Waals surface area contributed by atoms with Gasteiger partial charge < -0.3 is 5.32 Å². The standard InChI is InChI=1S/C11H17N3O/c1-3-14(12-2)11(15)13-9-10-7-5-4-6-8-10/h4-8,12H,3,9H2,1-2H3,(H,13,15). The molecule has 0 saturated heterocycles. The van der Waals surface area contributed by atoms with Gasteiger partial charge in [-0.2, -0.15) is 0 Å². The highest BCUT2D eigenvalue weighted by Gasteiger charge is 2.07. The number of amides is 2. The van der Waals surface area contributed by atoms with Crippen LogP contribution in [-0.4, -0.2) is 24.6 Å². The van der Waals surface area contributed by atoms with Crippen LogP contribution in [-0.2, 0) is 6.54 Å². The number of rotatable bonds is 4. The fourth-order valence-electron chi connectivity index (χ4n) is 1.27. The van der Waals surface area contributed by atoms with Crippen molar-refractivity contribution in [2.75, 3.05) is 13.6 Å². The van der Waals surface area contributed by atoms with E-state index in [9.17, 15) is 4.79 Å². The van der Waals surface area contributed by atoms with Crippen LogP contribution in [0.25, 0.3) is 0 Å². The Hall–Kier alpha value is -1.55. The molecule has 0 unspecified atom stereocenters. The third-order valence-corrected chi connectivity index (χ3v) is 2.12. The molecule has 2 amide bonds. The van der Waals surface area contributed by atoms with Crippen molar-refractivity contribution < 1.29 is 4.79 Å². The fourth-order valence-corrected chi connectivity index (χ4v) is 1.27. The summed E-state index contributed by atoms with van der Waals surface area (Å²) in [4.78, 5) is 11.5. The minimum atomic E-state index is -0.108. The lowest BCUT2D eigenvalue weighted by Crippen LogP contribution is -2.46. The van der Waals surface area contributed by atoms with Crippen molar-refractivity contribution in [3.63, 3.8) is 0 Å². The molecule has 4 nitrogen and oxygen atoms in total. The number of nitrogens with one attached hydrogen (secondary N) is 2. The van der Waals surface area contributed by atoms with E-state index in [4.69, 9.17) is 0 Å². The van der Waals surface area contributed by atoms with E-state index in [-0.39, 0.29) is 6.03 Å². The van der Waals surface area contributed by atoms with Gasteiger partial charge in [-0.05, 0) is 12.5 Å². The van der Waals surface area contributed by atoms with Crippen LogP contribution in [0, 0.1) is 0 Å². The van der Waals surface area contributed by atoms with Gasteiger partial charge >= 0.3 is 6.03 Å². The van der Waals surface area contributed by atoms with Gasteiger partial charge in [-0.1, -0.05) is 30.3 Å². The van der Waals surface area contributed by atoms with Gasteiger partial charge in [-0.15, -0.1) is 0 Å². The number of hydrazine groups is 1. The third-order valence-electron chi connectivity index (χ3n) is 2.12. The molecule has 82 valence electrons. The highest BCUT2D eigenvalue weighted by Crippen LogP contribution is 1.97. The molecule has 0 spiro atoms. The van der Waals surface area contributed by atoms with Crippen molar-refractivity contribution in [3.05, 3.63) is 35.9 Å². The second kappa shape index (κ2) is 6.03. The molecule has 0 aliphatic heterocycles. The predicted molar refractivity (Wildman–Crippen MR) is 60.1 cm³/mol. The maximum absolute atomic E-state index is 11.5. The van der Waals surface area contributed by atoms with Crippen LogP contribution in [0.4, 0.5) is 4.79 Å². The number of carbonyl (C=O) groups is 1. The molecule has 0 bridgehead atoms. The molecule has 0 radical (unpaired) electrons. The van der Waals surface area contributed by atoms with Gasteiger partial charge in [0, 0.05) is 20.1 Å². The average molecular weight is 207 g/mol. The number of hydrogen-bond donors (Lipinski definition) is 2. The SMILES string of the molecule is CCN(NC)C(=O)NCc1ccccc1. The summed E-state index contributed by atoms with van der Waals surface area (Å²) in [6, 6.07) is 9.72. The maximum atomic E-state index is 11.5. The van der Waals surface area contributed by atoms with Gasteiger partial charge in [0.1, 0.15) is 0 Å². The summed E-state index contributed by atoms with van der Waals surface area (Å²) in [5, 5.41) is 4.34. The smallest absolute Gasteiger partial charge is 0.331 e. The Bertz CT molecular complexity index is 296. The monoisotopic (exact) mass is 207 g/mol. The van der Waals surface area contributed by atoms with E-state index in [2.05, 4.69) is 10.7 Å². The van der Waals surface area contributed by atoms with Gasteiger partial charge in [-0.25, -0.2) is 10.2 Å². The second-order valence-electron chi connectivity index (χ2n) is 3.11. The number of urea groups is 1. The summed E-state index contributed by atoms with van der Waals surface area (Å²) >= 11 is 0. The molecule has 15 heavy (non-hydrogen) atoms. The van der Waals surface area contributed by atoms with Crippen LogP contribution < -0.4 is 10.7 Å². The molecular weight excluding hydrogens is 190 g/mol. The lowest BCUT2D eigenvalue weighted by atomic mass is 10.2. The molecule has 0 aliphatic carbocycles. The summed E-state index contributed by atoms with van der Waals surface area (Å²) in [6.45, 7) is 3.10. The molecule has 2 N–H and O–H groups in total. The molecular formula is C11H17N3O. The van der Waals surface area contributed by atoms with Crippen molar-refractivity contribution in [3.8, 4) is 0 Å². The summed E-state index contributed by atoms with van der Waals surface area (Å²) in [5.41, 5.74) is 3.90. The normalized spacial score (nSPS) is 9.73. The van der Waals surface area contributed by atoms with Gasteiger partial charge in [0.05, 0.1) is 0 Å². The van der Waals surface area contributed by atoms with Gasteiger partial charge in [-0.3, -0.25) is 5.01 Å². The Labute approximate surface area is 90.2 Å².